The molecule has 110 valence electrons. The van der Waals surface area contributed by atoms with E-state index in [-0.39, 0.29) is 11.9 Å². The van der Waals surface area contributed by atoms with Crippen LogP contribution in [-0.4, -0.2) is 27.8 Å². The number of benzene rings is 1. The number of aromatic nitrogens is 3. The lowest BCUT2D eigenvalue weighted by molar-refractivity contribution is -0.146. The Morgan fingerprint density at radius 1 is 1.38 bits per heavy atom. The summed E-state index contributed by atoms with van der Waals surface area (Å²) in [4.78, 5) is 11.6. The Kier molecular flexibility index (Phi) is 3.87. The van der Waals surface area contributed by atoms with Crippen molar-refractivity contribution < 1.29 is 9.53 Å². The van der Waals surface area contributed by atoms with E-state index in [1.807, 2.05) is 10.6 Å². The maximum absolute atomic E-state index is 11.6. The lowest BCUT2D eigenvalue weighted by Crippen LogP contribution is -2.27. The molecule has 1 atom stereocenters. The zero-order chi connectivity index (χ0) is 15.0. The highest BCUT2D eigenvalue weighted by atomic mass is 35.5. The zero-order valence-corrected chi connectivity index (χ0v) is 12.9. The van der Waals surface area contributed by atoms with E-state index >= 15 is 0 Å². The second-order valence-corrected chi connectivity index (χ2v) is 5.77. The van der Waals surface area contributed by atoms with Gasteiger partial charge in [0.25, 0.3) is 0 Å². The predicted molar refractivity (Wildman–Crippen MR) is 79.3 cm³/mol. The minimum atomic E-state index is -0.199. The standard InChI is InChI=1S/C14H13Cl2N3O2/c1-21-14(20)8-4-5-19-12(6-8)17-18-13(19)10-3-2-9(15)7-11(10)16/h2-3,7-8H,4-6H2,1H3. The van der Waals surface area contributed by atoms with Gasteiger partial charge in [-0.25, -0.2) is 0 Å². The van der Waals surface area contributed by atoms with Gasteiger partial charge in [-0.2, -0.15) is 0 Å². The van der Waals surface area contributed by atoms with E-state index < -0.39 is 0 Å². The minimum Gasteiger partial charge on any atom is -0.469 e. The summed E-state index contributed by atoms with van der Waals surface area (Å²) in [5.74, 6) is 1.13. The number of ether oxygens (including phenoxy) is 1. The molecule has 2 aromatic rings. The fraction of sp³-hybridized carbons (Fsp3) is 0.357. The molecule has 5 nitrogen and oxygen atoms in total. The summed E-state index contributed by atoms with van der Waals surface area (Å²) >= 11 is 12.1. The average Bonchev–Trinajstić information content (AvgIpc) is 2.89. The van der Waals surface area contributed by atoms with Crippen LogP contribution in [0.5, 0.6) is 0 Å². The fourth-order valence-corrected chi connectivity index (χ4v) is 3.06. The molecular formula is C14H13Cl2N3O2. The van der Waals surface area contributed by atoms with E-state index in [0.29, 0.717) is 35.3 Å². The first-order chi connectivity index (χ1) is 10.1. The van der Waals surface area contributed by atoms with Gasteiger partial charge in [0.2, 0.25) is 0 Å². The third kappa shape index (κ3) is 2.63. The number of esters is 1. The summed E-state index contributed by atoms with van der Waals surface area (Å²) in [5, 5.41) is 9.50. The van der Waals surface area contributed by atoms with Crippen molar-refractivity contribution >= 4 is 29.2 Å². The van der Waals surface area contributed by atoms with Crippen molar-refractivity contribution in [3.05, 3.63) is 34.1 Å². The van der Waals surface area contributed by atoms with Gasteiger partial charge in [0.05, 0.1) is 18.1 Å². The fourth-order valence-electron chi connectivity index (χ4n) is 2.57. The van der Waals surface area contributed by atoms with Crippen LogP contribution in [0.25, 0.3) is 11.4 Å². The van der Waals surface area contributed by atoms with Crippen LogP contribution in [0, 0.1) is 5.92 Å². The maximum Gasteiger partial charge on any atom is 0.309 e. The maximum atomic E-state index is 11.6. The summed E-state index contributed by atoms with van der Waals surface area (Å²) in [6.07, 6.45) is 1.24. The second-order valence-electron chi connectivity index (χ2n) is 4.93. The molecule has 0 saturated heterocycles. The van der Waals surface area contributed by atoms with Crippen LogP contribution in [0.2, 0.25) is 10.0 Å². The summed E-state index contributed by atoms with van der Waals surface area (Å²) in [6.45, 7) is 0.663. The number of carbonyl (C=O) groups excluding carboxylic acids is 1. The van der Waals surface area contributed by atoms with Crippen LogP contribution in [0.1, 0.15) is 12.2 Å². The van der Waals surface area contributed by atoms with Crippen molar-refractivity contribution in [1.82, 2.24) is 14.8 Å². The van der Waals surface area contributed by atoms with Gasteiger partial charge in [0.1, 0.15) is 5.82 Å². The van der Waals surface area contributed by atoms with Crippen LogP contribution < -0.4 is 0 Å². The van der Waals surface area contributed by atoms with E-state index in [0.717, 1.165) is 11.4 Å². The molecular weight excluding hydrogens is 313 g/mol. The van der Waals surface area contributed by atoms with Crippen molar-refractivity contribution in [2.24, 2.45) is 5.92 Å². The molecule has 2 heterocycles. The van der Waals surface area contributed by atoms with E-state index in [1.165, 1.54) is 7.11 Å². The molecule has 0 saturated carbocycles. The molecule has 0 aliphatic carbocycles. The van der Waals surface area contributed by atoms with Gasteiger partial charge in [0.15, 0.2) is 5.82 Å². The van der Waals surface area contributed by atoms with Gasteiger partial charge in [-0.15, -0.1) is 10.2 Å². The number of rotatable bonds is 2. The van der Waals surface area contributed by atoms with Crippen molar-refractivity contribution in [1.29, 1.82) is 0 Å². The lowest BCUT2D eigenvalue weighted by atomic mass is 9.98. The SMILES string of the molecule is COC(=O)C1CCn2c(nnc2-c2ccc(Cl)cc2Cl)C1. The molecule has 1 unspecified atom stereocenters. The van der Waals surface area contributed by atoms with Crippen LogP contribution >= 0.6 is 23.2 Å². The van der Waals surface area contributed by atoms with Crippen molar-refractivity contribution in [2.75, 3.05) is 7.11 Å². The second kappa shape index (κ2) is 5.66. The van der Waals surface area contributed by atoms with Crippen molar-refractivity contribution in [2.45, 2.75) is 19.4 Å². The minimum absolute atomic E-state index is 0.153. The molecule has 1 aliphatic heterocycles. The highest BCUT2D eigenvalue weighted by Crippen LogP contribution is 2.32. The summed E-state index contributed by atoms with van der Waals surface area (Å²) in [7, 11) is 1.40. The first-order valence-corrected chi connectivity index (χ1v) is 7.31. The molecule has 0 fully saturated rings. The summed E-state index contributed by atoms with van der Waals surface area (Å²) in [6, 6.07) is 5.28. The molecule has 1 aromatic carbocycles. The smallest absolute Gasteiger partial charge is 0.309 e. The molecule has 3 rings (SSSR count). The number of nitrogens with zero attached hydrogens (tertiary/aromatic N) is 3. The zero-order valence-electron chi connectivity index (χ0n) is 11.3. The van der Waals surface area contributed by atoms with Gasteiger partial charge in [-0.1, -0.05) is 23.2 Å². The van der Waals surface area contributed by atoms with E-state index in [2.05, 4.69) is 10.2 Å². The number of hydrogen-bond donors (Lipinski definition) is 0. The van der Waals surface area contributed by atoms with E-state index in [9.17, 15) is 4.79 Å². The molecule has 1 aromatic heterocycles. The predicted octanol–water partition coefficient (Wildman–Crippen LogP) is 2.99. The Labute approximate surface area is 131 Å². The van der Waals surface area contributed by atoms with E-state index in [4.69, 9.17) is 27.9 Å². The number of methoxy groups -OCH3 is 1. The Morgan fingerprint density at radius 2 is 2.19 bits per heavy atom. The van der Waals surface area contributed by atoms with Crippen molar-refractivity contribution in [3.63, 3.8) is 0 Å². The number of fused-ring (bicyclic) bond motifs is 1. The molecule has 7 heteroatoms. The normalized spacial score (nSPS) is 17.4. The molecule has 0 radical (unpaired) electrons. The number of hydrogen-bond acceptors (Lipinski definition) is 4. The van der Waals surface area contributed by atoms with Gasteiger partial charge in [-0.05, 0) is 24.6 Å². The number of carbonyl (C=O) groups is 1. The Hall–Kier alpha value is -1.59. The first-order valence-electron chi connectivity index (χ1n) is 6.55. The van der Waals surface area contributed by atoms with Gasteiger partial charge in [0, 0.05) is 23.6 Å². The molecule has 1 aliphatic rings. The van der Waals surface area contributed by atoms with Crippen LogP contribution in [0.15, 0.2) is 18.2 Å². The first kappa shape index (κ1) is 14.4. The lowest BCUT2D eigenvalue weighted by Gasteiger charge is -2.21. The molecule has 0 spiro atoms. The monoisotopic (exact) mass is 325 g/mol. The van der Waals surface area contributed by atoms with Crippen molar-refractivity contribution in [3.8, 4) is 11.4 Å². The third-order valence-electron chi connectivity index (χ3n) is 3.66. The molecule has 0 bridgehead atoms. The highest BCUT2D eigenvalue weighted by molar-refractivity contribution is 6.36. The summed E-state index contributed by atoms with van der Waals surface area (Å²) < 4.78 is 6.79. The third-order valence-corrected chi connectivity index (χ3v) is 4.21. The quantitative estimate of drug-likeness (QED) is 0.796. The average molecular weight is 326 g/mol. The van der Waals surface area contributed by atoms with Crippen LogP contribution in [-0.2, 0) is 22.5 Å². The van der Waals surface area contributed by atoms with Gasteiger partial charge >= 0.3 is 5.97 Å². The van der Waals surface area contributed by atoms with Gasteiger partial charge in [-0.3, -0.25) is 4.79 Å². The topological polar surface area (TPSA) is 57.0 Å². The highest BCUT2D eigenvalue weighted by Gasteiger charge is 2.29. The summed E-state index contributed by atoms with van der Waals surface area (Å²) in [5.41, 5.74) is 0.788. The largest absolute Gasteiger partial charge is 0.469 e. The Balaban J connectivity index is 1.95. The number of halogens is 2. The molecule has 0 N–H and O–H groups in total. The molecule has 0 amide bonds. The van der Waals surface area contributed by atoms with E-state index in [1.54, 1.807) is 12.1 Å². The molecule has 21 heavy (non-hydrogen) atoms. The van der Waals surface area contributed by atoms with Gasteiger partial charge < -0.3 is 9.30 Å². The Morgan fingerprint density at radius 3 is 2.90 bits per heavy atom. The van der Waals surface area contributed by atoms with Crippen LogP contribution in [0.3, 0.4) is 0 Å². The van der Waals surface area contributed by atoms with Crippen LogP contribution in [0.4, 0.5) is 0 Å². The Bertz CT molecular complexity index is 700.